The molecule has 0 amide bonds. The number of aromatic nitrogens is 1. The number of nitrogens with zero attached hydrogens (tertiary/aromatic N) is 1. The maximum absolute atomic E-state index is 14.1. The molecule has 0 saturated carbocycles. The number of anilines is 1. The molecule has 1 heterocycles. The van der Waals surface area contributed by atoms with E-state index < -0.39 is 39.7 Å². The molecule has 0 atom stereocenters. The largest absolute Gasteiger partial charge is 0.476 e. The smallest absolute Gasteiger partial charge is 0.356 e. The lowest BCUT2D eigenvalue weighted by atomic mass is 10.0. The fourth-order valence-electron chi connectivity index (χ4n) is 1.85. The van der Waals surface area contributed by atoms with Gasteiger partial charge in [-0.3, -0.25) is 0 Å². The molecule has 2 rings (SSSR count). The molecule has 3 N–H and O–H groups in total. The summed E-state index contributed by atoms with van der Waals surface area (Å²) in [6.45, 7) is 1.84. The van der Waals surface area contributed by atoms with Crippen molar-refractivity contribution in [1.82, 2.24) is 4.98 Å². The molecule has 0 spiro atoms. The van der Waals surface area contributed by atoms with Crippen molar-refractivity contribution in [2.45, 2.75) is 13.3 Å². The number of hydrogen-bond acceptors (Lipinski definition) is 3. The Hall–Kier alpha value is -2.21. The number of carbonyl (C=O) groups is 1. The second-order valence-electron chi connectivity index (χ2n) is 4.32. The number of nitrogens with two attached hydrogens (primary N) is 1. The number of aromatic carboxylic acids is 1. The molecular weight excluding hydrogens is 302 g/mol. The van der Waals surface area contributed by atoms with E-state index in [-0.39, 0.29) is 5.56 Å². The maximum atomic E-state index is 14.1. The molecule has 21 heavy (non-hydrogen) atoms. The Morgan fingerprint density at radius 3 is 2.62 bits per heavy atom. The lowest BCUT2D eigenvalue weighted by molar-refractivity contribution is 0.0691. The van der Waals surface area contributed by atoms with Gasteiger partial charge in [-0.1, -0.05) is 24.6 Å². The number of pyridine rings is 1. The molecule has 2 aromatic rings. The van der Waals surface area contributed by atoms with Crippen molar-refractivity contribution in [1.29, 1.82) is 0 Å². The first kappa shape index (κ1) is 15.2. The Kier molecular flexibility index (Phi) is 4.09. The molecule has 1 aromatic carbocycles. The summed E-state index contributed by atoms with van der Waals surface area (Å²) < 4.78 is 28.2. The third kappa shape index (κ3) is 2.67. The average Bonchev–Trinajstić information content (AvgIpc) is 2.45. The predicted octanol–water partition coefficient (Wildman–Crippen LogP) is 3.52. The maximum Gasteiger partial charge on any atom is 0.356 e. The van der Waals surface area contributed by atoms with Crippen LogP contribution >= 0.6 is 11.6 Å². The van der Waals surface area contributed by atoms with E-state index in [1.165, 1.54) is 12.1 Å². The summed E-state index contributed by atoms with van der Waals surface area (Å²) in [7, 11) is 0. The van der Waals surface area contributed by atoms with Gasteiger partial charge in [0.05, 0.1) is 10.7 Å². The van der Waals surface area contributed by atoms with Crippen molar-refractivity contribution in [3.8, 4) is 11.3 Å². The summed E-state index contributed by atoms with van der Waals surface area (Å²) in [5.74, 6) is -3.23. The lowest BCUT2D eigenvalue weighted by Gasteiger charge is -2.10. The van der Waals surface area contributed by atoms with E-state index in [1.807, 2.05) is 6.92 Å². The summed E-state index contributed by atoms with van der Waals surface area (Å²) in [5.41, 5.74) is 4.31. The zero-order valence-electron chi connectivity index (χ0n) is 11.0. The highest BCUT2D eigenvalue weighted by molar-refractivity contribution is 6.35. The normalized spacial score (nSPS) is 10.7. The minimum Gasteiger partial charge on any atom is -0.476 e. The first-order valence-electron chi connectivity index (χ1n) is 6.03. The van der Waals surface area contributed by atoms with Gasteiger partial charge in [0.25, 0.3) is 0 Å². The Morgan fingerprint density at radius 2 is 2.10 bits per heavy atom. The van der Waals surface area contributed by atoms with Crippen LogP contribution < -0.4 is 5.73 Å². The van der Waals surface area contributed by atoms with Gasteiger partial charge in [0.2, 0.25) is 0 Å². The summed E-state index contributed by atoms with van der Waals surface area (Å²) in [5, 5.41) is 8.48. The monoisotopic (exact) mass is 312 g/mol. The highest BCUT2D eigenvalue weighted by Gasteiger charge is 2.23. The van der Waals surface area contributed by atoms with E-state index in [1.54, 1.807) is 6.07 Å². The van der Waals surface area contributed by atoms with E-state index in [2.05, 4.69) is 4.98 Å². The molecule has 0 fully saturated rings. The molecule has 0 unspecified atom stereocenters. The number of rotatable bonds is 3. The van der Waals surface area contributed by atoms with Crippen LogP contribution in [-0.2, 0) is 6.42 Å². The van der Waals surface area contributed by atoms with Gasteiger partial charge in [0, 0.05) is 5.56 Å². The van der Waals surface area contributed by atoms with Crippen LogP contribution in [0.3, 0.4) is 0 Å². The molecule has 4 nitrogen and oxygen atoms in total. The highest BCUT2D eigenvalue weighted by Crippen LogP contribution is 2.33. The van der Waals surface area contributed by atoms with Crippen LogP contribution in [0.5, 0.6) is 0 Å². The Morgan fingerprint density at radius 1 is 1.43 bits per heavy atom. The number of benzene rings is 1. The van der Waals surface area contributed by atoms with Crippen LogP contribution in [0.25, 0.3) is 11.3 Å². The number of nitrogen functional groups attached to an aromatic ring is 1. The van der Waals surface area contributed by atoms with Gasteiger partial charge >= 0.3 is 5.97 Å². The third-order valence-electron chi connectivity index (χ3n) is 3.01. The molecule has 0 aliphatic rings. The van der Waals surface area contributed by atoms with Gasteiger partial charge in [-0.25, -0.2) is 18.6 Å². The molecule has 0 aliphatic carbocycles. The summed E-state index contributed by atoms with van der Waals surface area (Å²) in [6, 6.07) is 4.17. The molecule has 0 bridgehead atoms. The van der Waals surface area contributed by atoms with E-state index in [0.29, 0.717) is 6.42 Å². The van der Waals surface area contributed by atoms with Crippen molar-refractivity contribution < 1.29 is 18.7 Å². The molecule has 0 aliphatic heterocycles. The first-order chi connectivity index (χ1) is 9.86. The Balaban J connectivity index is 2.72. The summed E-state index contributed by atoms with van der Waals surface area (Å²) >= 11 is 5.64. The third-order valence-corrected chi connectivity index (χ3v) is 3.39. The SMILES string of the molecule is CCc1ccc(-c2nc(C(=O)O)c(Cl)c(N)c2F)c(F)c1. The van der Waals surface area contributed by atoms with Crippen LogP contribution in [0.4, 0.5) is 14.5 Å². The van der Waals surface area contributed by atoms with Crippen molar-refractivity contribution in [3.63, 3.8) is 0 Å². The molecule has 0 radical (unpaired) electrons. The van der Waals surface area contributed by atoms with E-state index in [9.17, 15) is 13.6 Å². The molecule has 110 valence electrons. The molecular formula is C14H11ClF2N2O2. The molecule has 7 heteroatoms. The van der Waals surface area contributed by atoms with Gasteiger partial charge < -0.3 is 10.8 Å². The van der Waals surface area contributed by atoms with Gasteiger partial charge in [-0.05, 0) is 24.1 Å². The average molecular weight is 313 g/mol. The van der Waals surface area contributed by atoms with Crippen molar-refractivity contribution in [2.75, 3.05) is 5.73 Å². The standard InChI is InChI=1S/C14H11ClF2N2O2/c1-2-6-3-4-7(8(16)5-6)12-10(17)11(18)9(15)13(19-12)14(20)21/h3-5H,2H2,1H3,(H2,18,19)(H,20,21). The van der Waals surface area contributed by atoms with Crippen LogP contribution in [-0.4, -0.2) is 16.1 Å². The predicted molar refractivity (Wildman–Crippen MR) is 75.3 cm³/mol. The number of aryl methyl sites for hydroxylation is 1. The van der Waals surface area contributed by atoms with Crippen LogP contribution in [0.2, 0.25) is 5.02 Å². The van der Waals surface area contributed by atoms with Crippen molar-refractivity contribution >= 4 is 23.3 Å². The molecule has 0 saturated heterocycles. The van der Waals surface area contributed by atoms with E-state index in [0.717, 1.165) is 5.56 Å². The second kappa shape index (κ2) is 5.65. The second-order valence-corrected chi connectivity index (χ2v) is 4.70. The minimum atomic E-state index is -1.47. The van der Waals surface area contributed by atoms with Gasteiger partial charge in [0.1, 0.15) is 11.5 Å². The fourth-order valence-corrected chi connectivity index (χ4v) is 2.06. The number of carboxylic acids is 1. The van der Waals surface area contributed by atoms with E-state index >= 15 is 0 Å². The molecule has 1 aromatic heterocycles. The Bertz CT molecular complexity index is 735. The summed E-state index contributed by atoms with van der Waals surface area (Å²) in [6.07, 6.45) is 0.607. The minimum absolute atomic E-state index is 0.171. The van der Waals surface area contributed by atoms with Gasteiger partial charge in [-0.15, -0.1) is 0 Å². The van der Waals surface area contributed by atoms with Gasteiger partial charge in [-0.2, -0.15) is 0 Å². The van der Waals surface area contributed by atoms with Crippen LogP contribution in [0.1, 0.15) is 23.0 Å². The number of halogens is 3. The quantitative estimate of drug-likeness (QED) is 0.909. The van der Waals surface area contributed by atoms with Gasteiger partial charge in [0.15, 0.2) is 11.5 Å². The first-order valence-corrected chi connectivity index (χ1v) is 6.41. The van der Waals surface area contributed by atoms with Crippen molar-refractivity contribution in [3.05, 3.63) is 46.1 Å². The van der Waals surface area contributed by atoms with Crippen LogP contribution in [0.15, 0.2) is 18.2 Å². The zero-order valence-corrected chi connectivity index (χ0v) is 11.7. The number of hydrogen-bond donors (Lipinski definition) is 2. The highest BCUT2D eigenvalue weighted by atomic mass is 35.5. The Labute approximate surface area is 124 Å². The fraction of sp³-hybridized carbons (Fsp3) is 0.143. The lowest BCUT2D eigenvalue weighted by Crippen LogP contribution is -2.09. The number of carboxylic acid groups (broad SMARTS) is 1. The van der Waals surface area contributed by atoms with Crippen LogP contribution in [0, 0.1) is 11.6 Å². The summed E-state index contributed by atoms with van der Waals surface area (Å²) in [4.78, 5) is 14.6. The zero-order chi connectivity index (χ0) is 15.7. The van der Waals surface area contributed by atoms with Crippen molar-refractivity contribution in [2.24, 2.45) is 0 Å². The van der Waals surface area contributed by atoms with E-state index in [4.69, 9.17) is 22.4 Å². The topological polar surface area (TPSA) is 76.2 Å².